The number of nitrogen functional groups attached to an aromatic ring is 1. The Morgan fingerprint density at radius 3 is 2.44 bits per heavy atom. The van der Waals surface area contributed by atoms with Gasteiger partial charge in [0.1, 0.15) is 16.5 Å². The Labute approximate surface area is 203 Å². The molecule has 0 radical (unpaired) electrons. The van der Waals surface area contributed by atoms with Crippen LogP contribution >= 0.6 is 11.3 Å². The third-order valence-corrected chi connectivity index (χ3v) is 6.67. The monoisotopic (exact) mass is 483 g/mol. The number of carbonyl (C=O) groups is 1. The summed E-state index contributed by atoms with van der Waals surface area (Å²) in [5.41, 5.74) is 7.50. The number of aromatic amines is 1. The summed E-state index contributed by atoms with van der Waals surface area (Å²) in [6, 6.07) is 8.10. The van der Waals surface area contributed by atoms with Gasteiger partial charge in [-0.25, -0.2) is 9.78 Å². The average molecular weight is 484 g/mol. The van der Waals surface area contributed by atoms with Crippen LogP contribution in [0.25, 0.3) is 10.6 Å². The molecule has 9 heteroatoms. The van der Waals surface area contributed by atoms with Crippen molar-refractivity contribution in [1.29, 1.82) is 0 Å². The molecule has 182 valence electrons. The molecule has 1 aromatic carbocycles. The molecule has 2 aromatic heterocycles. The molecule has 0 fully saturated rings. The second-order valence-corrected chi connectivity index (χ2v) is 9.11. The van der Waals surface area contributed by atoms with Crippen molar-refractivity contribution in [1.82, 2.24) is 14.5 Å². The molecule has 0 aliphatic rings. The first-order chi connectivity index (χ1) is 16.4. The molecule has 0 aliphatic carbocycles. The van der Waals surface area contributed by atoms with Gasteiger partial charge in [0.15, 0.2) is 5.69 Å². The topological polar surface area (TPSA) is 114 Å². The molecule has 3 rings (SSSR count). The van der Waals surface area contributed by atoms with E-state index in [-0.39, 0.29) is 17.2 Å². The minimum atomic E-state index is -0.661. The highest BCUT2D eigenvalue weighted by atomic mass is 32.1. The van der Waals surface area contributed by atoms with Crippen LogP contribution in [0.5, 0.6) is 0 Å². The molecule has 0 unspecified atom stereocenters. The zero-order valence-corrected chi connectivity index (χ0v) is 20.9. The lowest BCUT2D eigenvalue weighted by Gasteiger charge is -2.24. The van der Waals surface area contributed by atoms with Crippen molar-refractivity contribution in [2.24, 2.45) is 0 Å². The van der Waals surface area contributed by atoms with E-state index in [2.05, 4.69) is 35.9 Å². The maximum absolute atomic E-state index is 13.6. The molecule has 0 spiro atoms. The standard InChI is InChI=1S/C25H33N5O3S/c1-4-7-9-15-29(20-21(26)30(14-8-5-2)25(33)28-22(20)31)24(32)19-16-34-23(27-19)18-12-10-17(6-3)11-13-18/h10-13,16H,4-9,14-15,26H2,1-3H3,(H,28,31,33). The molecular weight excluding hydrogens is 450 g/mol. The average Bonchev–Trinajstić information content (AvgIpc) is 3.33. The number of hydrogen-bond donors (Lipinski definition) is 2. The van der Waals surface area contributed by atoms with Crippen molar-refractivity contribution in [2.45, 2.75) is 65.8 Å². The number of nitrogens with two attached hydrogens (primary N) is 1. The van der Waals surface area contributed by atoms with Gasteiger partial charge in [0, 0.05) is 24.0 Å². The summed E-state index contributed by atoms with van der Waals surface area (Å²) >= 11 is 1.38. The van der Waals surface area contributed by atoms with E-state index in [4.69, 9.17) is 5.73 Å². The van der Waals surface area contributed by atoms with E-state index in [0.29, 0.717) is 19.5 Å². The van der Waals surface area contributed by atoms with Crippen LogP contribution in [0.2, 0.25) is 0 Å². The number of aryl methyl sites for hydroxylation is 1. The zero-order valence-electron chi connectivity index (χ0n) is 20.1. The van der Waals surface area contributed by atoms with Gasteiger partial charge in [-0.05, 0) is 24.8 Å². The third kappa shape index (κ3) is 5.64. The van der Waals surface area contributed by atoms with Gasteiger partial charge in [0.25, 0.3) is 11.5 Å². The second kappa shape index (κ2) is 11.8. The summed E-state index contributed by atoms with van der Waals surface area (Å²) in [7, 11) is 0. The first-order valence-electron chi connectivity index (χ1n) is 11.9. The van der Waals surface area contributed by atoms with Gasteiger partial charge in [-0.3, -0.25) is 24.0 Å². The minimum Gasteiger partial charge on any atom is -0.383 e. The van der Waals surface area contributed by atoms with Crippen LogP contribution in [0, 0.1) is 0 Å². The number of thiazole rings is 1. The highest BCUT2D eigenvalue weighted by Crippen LogP contribution is 2.27. The number of H-pyrrole nitrogens is 1. The Bertz CT molecular complexity index is 1230. The number of hydrogen-bond acceptors (Lipinski definition) is 6. The molecular formula is C25H33N5O3S. The van der Waals surface area contributed by atoms with Crippen LogP contribution in [0.4, 0.5) is 11.5 Å². The van der Waals surface area contributed by atoms with E-state index in [1.807, 2.05) is 19.1 Å². The SMILES string of the molecule is CCCCCN(C(=O)c1csc(-c2ccc(CC)cc2)n1)c1c(N)n(CCCC)c(=O)[nH]c1=O. The van der Waals surface area contributed by atoms with Crippen molar-refractivity contribution in [3.8, 4) is 10.6 Å². The van der Waals surface area contributed by atoms with Gasteiger partial charge >= 0.3 is 5.69 Å². The van der Waals surface area contributed by atoms with Gasteiger partial charge in [0.05, 0.1) is 0 Å². The summed E-state index contributed by atoms with van der Waals surface area (Å²) in [6.07, 6.45) is 5.09. The normalized spacial score (nSPS) is 11.0. The van der Waals surface area contributed by atoms with E-state index in [1.165, 1.54) is 26.4 Å². The van der Waals surface area contributed by atoms with E-state index in [1.54, 1.807) is 5.38 Å². The van der Waals surface area contributed by atoms with Gasteiger partial charge in [-0.15, -0.1) is 11.3 Å². The predicted octanol–water partition coefficient (Wildman–Crippen LogP) is 4.44. The van der Waals surface area contributed by atoms with Gasteiger partial charge < -0.3 is 5.73 Å². The lowest BCUT2D eigenvalue weighted by atomic mass is 10.1. The Morgan fingerprint density at radius 2 is 1.79 bits per heavy atom. The second-order valence-electron chi connectivity index (χ2n) is 8.25. The van der Waals surface area contributed by atoms with Crippen molar-refractivity contribution in [3.05, 3.63) is 61.7 Å². The molecule has 3 N–H and O–H groups in total. The lowest BCUT2D eigenvalue weighted by molar-refractivity contribution is 0.0982. The van der Waals surface area contributed by atoms with Crippen molar-refractivity contribution < 1.29 is 4.79 Å². The lowest BCUT2D eigenvalue weighted by Crippen LogP contribution is -2.41. The number of amides is 1. The number of aromatic nitrogens is 3. The summed E-state index contributed by atoms with van der Waals surface area (Å²) < 4.78 is 1.34. The van der Waals surface area contributed by atoms with E-state index in [9.17, 15) is 14.4 Å². The molecule has 0 saturated carbocycles. The maximum Gasteiger partial charge on any atom is 0.330 e. The molecule has 1 amide bonds. The highest BCUT2D eigenvalue weighted by molar-refractivity contribution is 7.13. The molecule has 3 aromatic rings. The number of benzene rings is 1. The van der Waals surface area contributed by atoms with Crippen molar-refractivity contribution in [3.63, 3.8) is 0 Å². The molecule has 8 nitrogen and oxygen atoms in total. The fourth-order valence-electron chi connectivity index (χ4n) is 3.74. The number of anilines is 2. The van der Waals surface area contributed by atoms with Gasteiger partial charge in [-0.2, -0.15) is 0 Å². The largest absolute Gasteiger partial charge is 0.383 e. The van der Waals surface area contributed by atoms with E-state index < -0.39 is 17.2 Å². The summed E-state index contributed by atoms with van der Waals surface area (Å²) in [4.78, 5) is 47.0. The number of nitrogens with zero attached hydrogens (tertiary/aromatic N) is 3. The Morgan fingerprint density at radius 1 is 1.09 bits per heavy atom. The summed E-state index contributed by atoms with van der Waals surface area (Å²) in [5, 5.41) is 2.43. The van der Waals surface area contributed by atoms with E-state index in [0.717, 1.165) is 42.7 Å². The fourth-order valence-corrected chi connectivity index (χ4v) is 4.54. The van der Waals surface area contributed by atoms with Gasteiger partial charge in [-0.1, -0.05) is 64.3 Å². The van der Waals surface area contributed by atoms with Gasteiger partial charge in [0.2, 0.25) is 0 Å². The number of nitrogens with one attached hydrogen (secondary N) is 1. The smallest absolute Gasteiger partial charge is 0.330 e. The maximum atomic E-state index is 13.6. The predicted molar refractivity (Wildman–Crippen MR) is 139 cm³/mol. The first kappa shape index (κ1) is 25.4. The molecule has 0 bridgehead atoms. The summed E-state index contributed by atoms with van der Waals surface area (Å²) in [6.45, 7) is 6.85. The Kier molecular flexibility index (Phi) is 8.81. The van der Waals surface area contributed by atoms with Crippen LogP contribution in [0.15, 0.2) is 39.2 Å². The zero-order chi connectivity index (χ0) is 24.7. The summed E-state index contributed by atoms with van der Waals surface area (Å²) in [5.74, 6) is -0.390. The molecule has 0 aliphatic heterocycles. The quantitative estimate of drug-likeness (QED) is 0.391. The highest BCUT2D eigenvalue weighted by Gasteiger charge is 2.26. The fraction of sp³-hybridized carbons (Fsp3) is 0.440. The van der Waals surface area contributed by atoms with Crippen LogP contribution in [-0.2, 0) is 13.0 Å². The third-order valence-electron chi connectivity index (χ3n) is 5.78. The molecule has 0 saturated heterocycles. The van der Waals surface area contributed by atoms with Crippen molar-refractivity contribution in [2.75, 3.05) is 17.2 Å². The van der Waals surface area contributed by atoms with Crippen LogP contribution in [0.3, 0.4) is 0 Å². The van der Waals surface area contributed by atoms with Crippen LogP contribution in [-0.4, -0.2) is 27.0 Å². The molecule has 34 heavy (non-hydrogen) atoms. The van der Waals surface area contributed by atoms with Crippen molar-refractivity contribution >= 4 is 28.7 Å². The number of unbranched alkanes of at least 4 members (excludes halogenated alkanes) is 3. The van der Waals surface area contributed by atoms with Crippen LogP contribution < -0.4 is 21.9 Å². The Balaban J connectivity index is 2.00. The molecule has 2 heterocycles. The number of rotatable bonds is 11. The van der Waals surface area contributed by atoms with E-state index >= 15 is 0 Å². The molecule has 0 atom stereocenters. The number of carbonyl (C=O) groups excluding carboxylic acids is 1. The Hall–Kier alpha value is -3.20. The first-order valence-corrected chi connectivity index (χ1v) is 12.8. The minimum absolute atomic E-state index is 0.0117. The van der Waals surface area contributed by atoms with Crippen LogP contribution in [0.1, 0.15) is 68.9 Å².